The van der Waals surface area contributed by atoms with Crippen LogP contribution >= 0.6 is 0 Å². The monoisotopic (exact) mass is 748 g/mol. The summed E-state index contributed by atoms with van der Waals surface area (Å²) < 4.78 is 2.31. The number of benzene rings is 11. The first-order valence-corrected chi connectivity index (χ1v) is 20.3. The number of rotatable bonds is 5. The molecule has 1 heterocycles. The highest BCUT2D eigenvalue weighted by atomic mass is 15.1. The van der Waals surface area contributed by atoms with Crippen LogP contribution in [0.2, 0.25) is 0 Å². The zero-order valence-corrected chi connectivity index (χ0v) is 32.2. The number of hydrogen-bond acceptors (Lipinski definition) is 1. The summed E-state index contributed by atoms with van der Waals surface area (Å²) in [5, 5.41) is 12.3. The first-order chi connectivity index (χ1) is 29.2. The predicted octanol–water partition coefficient (Wildman–Crippen LogP) is 15.5. The molecule has 2 nitrogen and oxygen atoms in total. The van der Waals surface area contributed by atoms with Crippen LogP contribution in [0, 0.1) is 0 Å². The van der Waals surface area contributed by atoms with Crippen LogP contribution in [0.1, 0.15) is 0 Å². The molecule has 0 amide bonds. The fraction of sp³-hybridized carbons (Fsp3) is 0. The average molecular weight is 749 g/mol. The number of imidazole rings is 1. The van der Waals surface area contributed by atoms with E-state index in [0.717, 1.165) is 33.7 Å². The molecule has 11 aromatic carbocycles. The van der Waals surface area contributed by atoms with Crippen molar-refractivity contribution in [3.05, 3.63) is 218 Å². The van der Waals surface area contributed by atoms with Crippen molar-refractivity contribution in [3.8, 4) is 50.5 Å². The largest absolute Gasteiger partial charge is 0.292 e. The molecule has 0 saturated carbocycles. The Morgan fingerprint density at radius 1 is 0.288 bits per heavy atom. The van der Waals surface area contributed by atoms with Gasteiger partial charge in [0.25, 0.3) is 0 Å². The maximum atomic E-state index is 5.22. The van der Waals surface area contributed by atoms with E-state index in [9.17, 15) is 0 Å². The lowest BCUT2D eigenvalue weighted by molar-refractivity contribution is 1.10. The molecule has 274 valence electrons. The summed E-state index contributed by atoms with van der Waals surface area (Å²) >= 11 is 0. The molecule has 0 bridgehead atoms. The second-order valence-corrected chi connectivity index (χ2v) is 15.6. The van der Waals surface area contributed by atoms with E-state index in [1.54, 1.807) is 0 Å². The van der Waals surface area contributed by atoms with Crippen LogP contribution in [0.25, 0.3) is 115 Å². The van der Waals surface area contributed by atoms with E-state index in [0.29, 0.717) is 0 Å². The fourth-order valence-electron chi connectivity index (χ4n) is 9.28. The van der Waals surface area contributed by atoms with E-state index in [4.69, 9.17) is 4.98 Å². The quantitative estimate of drug-likeness (QED) is 0.160. The van der Waals surface area contributed by atoms with Crippen molar-refractivity contribution in [2.24, 2.45) is 0 Å². The molecule has 1 aromatic heterocycles. The molecule has 0 aliphatic rings. The van der Waals surface area contributed by atoms with Gasteiger partial charge in [-0.2, -0.15) is 0 Å². The average Bonchev–Trinajstić information content (AvgIpc) is 3.68. The lowest BCUT2D eigenvalue weighted by atomic mass is 9.84. The number of nitrogens with zero attached hydrogens (tertiary/aromatic N) is 2. The van der Waals surface area contributed by atoms with Crippen molar-refractivity contribution < 1.29 is 0 Å². The van der Waals surface area contributed by atoms with Gasteiger partial charge in [-0.15, -0.1) is 0 Å². The highest BCUT2D eigenvalue weighted by Gasteiger charge is 2.19. The molecule has 0 fully saturated rings. The van der Waals surface area contributed by atoms with E-state index in [2.05, 4.69) is 223 Å². The standard InChI is InChI=1S/C57H36N2/c1-2-14-40(15-3-1)57-58-53-35-43-18-8-9-19-44(43)36-54(53)59(57)48-29-26-39(27-30-48)45-28-31-51-52(34-45)56(47-25-23-38-13-5-7-17-42(38)33-47)50-21-11-10-20-49(50)55(51)46-24-22-37-12-4-6-16-41(37)32-46/h1-36H. The van der Waals surface area contributed by atoms with Crippen molar-refractivity contribution >= 4 is 64.9 Å². The molecule has 12 aromatic rings. The Kier molecular flexibility index (Phi) is 7.57. The molecule has 59 heavy (non-hydrogen) atoms. The van der Waals surface area contributed by atoms with Crippen molar-refractivity contribution in [3.63, 3.8) is 0 Å². The topological polar surface area (TPSA) is 17.8 Å². The minimum absolute atomic E-state index is 0.933. The van der Waals surface area contributed by atoms with Crippen molar-refractivity contribution in [1.29, 1.82) is 0 Å². The first-order valence-electron chi connectivity index (χ1n) is 20.3. The smallest absolute Gasteiger partial charge is 0.145 e. The molecule has 12 rings (SSSR count). The van der Waals surface area contributed by atoms with Crippen LogP contribution in [0.5, 0.6) is 0 Å². The van der Waals surface area contributed by atoms with Crippen molar-refractivity contribution in [2.75, 3.05) is 0 Å². The summed E-state index contributed by atoms with van der Waals surface area (Å²) in [5.74, 6) is 0.933. The van der Waals surface area contributed by atoms with E-state index in [-0.39, 0.29) is 0 Å². The van der Waals surface area contributed by atoms with E-state index in [1.165, 1.54) is 81.7 Å². The summed E-state index contributed by atoms with van der Waals surface area (Å²) in [6.07, 6.45) is 0. The summed E-state index contributed by atoms with van der Waals surface area (Å²) in [7, 11) is 0. The molecular weight excluding hydrogens is 713 g/mol. The fourth-order valence-corrected chi connectivity index (χ4v) is 9.28. The Hall–Kier alpha value is -7.81. The summed E-state index contributed by atoms with van der Waals surface area (Å²) in [6, 6.07) is 79.7. The molecule has 0 aliphatic carbocycles. The van der Waals surface area contributed by atoms with Crippen molar-refractivity contribution in [2.45, 2.75) is 0 Å². The highest BCUT2D eigenvalue weighted by Crippen LogP contribution is 2.46. The van der Waals surface area contributed by atoms with Gasteiger partial charge in [-0.25, -0.2) is 4.98 Å². The van der Waals surface area contributed by atoms with E-state index < -0.39 is 0 Å². The van der Waals surface area contributed by atoms with Crippen LogP contribution in [-0.2, 0) is 0 Å². The summed E-state index contributed by atoms with van der Waals surface area (Å²) in [4.78, 5) is 5.22. The molecule has 0 unspecified atom stereocenters. The van der Waals surface area contributed by atoms with E-state index >= 15 is 0 Å². The maximum absolute atomic E-state index is 5.22. The molecule has 0 aliphatic heterocycles. The van der Waals surface area contributed by atoms with Crippen LogP contribution in [0.15, 0.2) is 218 Å². The second-order valence-electron chi connectivity index (χ2n) is 15.6. The van der Waals surface area contributed by atoms with Crippen LogP contribution in [0.4, 0.5) is 0 Å². The number of aromatic nitrogens is 2. The van der Waals surface area contributed by atoms with Gasteiger partial charge in [0, 0.05) is 11.3 Å². The van der Waals surface area contributed by atoms with Gasteiger partial charge in [-0.1, -0.05) is 176 Å². The van der Waals surface area contributed by atoms with Crippen molar-refractivity contribution in [1.82, 2.24) is 9.55 Å². The predicted molar refractivity (Wildman–Crippen MR) is 250 cm³/mol. The third-order valence-electron chi connectivity index (χ3n) is 12.1. The number of hydrogen-bond donors (Lipinski definition) is 0. The van der Waals surface area contributed by atoms with Gasteiger partial charge >= 0.3 is 0 Å². The SMILES string of the molecule is c1ccc(-c2nc3cc4ccccc4cc3n2-c2ccc(-c3ccc4c(-c5ccc6ccccc6c5)c5ccccc5c(-c5ccc6ccccc6c5)c4c3)cc2)cc1. The molecule has 0 atom stereocenters. The Labute approximate surface area is 341 Å². The lowest BCUT2D eigenvalue weighted by Gasteiger charge is -2.19. The molecule has 0 radical (unpaired) electrons. The van der Waals surface area contributed by atoms with Gasteiger partial charge < -0.3 is 0 Å². The van der Waals surface area contributed by atoms with E-state index in [1.807, 2.05) is 0 Å². The molecular formula is C57H36N2. The van der Waals surface area contributed by atoms with Gasteiger partial charge in [0.1, 0.15) is 5.82 Å². The zero-order chi connectivity index (χ0) is 38.9. The Morgan fingerprint density at radius 2 is 0.763 bits per heavy atom. The zero-order valence-electron chi connectivity index (χ0n) is 32.2. The summed E-state index contributed by atoms with van der Waals surface area (Å²) in [6.45, 7) is 0. The Morgan fingerprint density at radius 3 is 1.39 bits per heavy atom. The Bertz CT molecular complexity index is 3600. The maximum Gasteiger partial charge on any atom is 0.145 e. The minimum Gasteiger partial charge on any atom is -0.292 e. The first kappa shape index (κ1) is 33.3. The van der Waals surface area contributed by atoms with Crippen LogP contribution < -0.4 is 0 Å². The lowest BCUT2D eigenvalue weighted by Crippen LogP contribution is -1.97. The van der Waals surface area contributed by atoms with Gasteiger partial charge in [-0.05, 0) is 130 Å². The van der Waals surface area contributed by atoms with Gasteiger partial charge in [0.15, 0.2) is 0 Å². The molecule has 0 saturated heterocycles. The Balaban J connectivity index is 1.07. The number of fused-ring (bicyclic) bond motifs is 6. The summed E-state index contributed by atoms with van der Waals surface area (Å²) in [5.41, 5.74) is 11.5. The molecule has 2 heteroatoms. The van der Waals surface area contributed by atoms with Gasteiger partial charge in [-0.3, -0.25) is 4.57 Å². The van der Waals surface area contributed by atoms with Crippen LogP contribution in [-0.4, -0.2) is 9.55 Å². The third-order valence-corrected chi connectivity index (χ3v) is 12.1. The molecule has 0 N–H and O–H groups in total. The molecule has 0 spiro atoms. The van der Waals surface area contributed by atoms with Gasteiger partial charge in [0.2, 0.25) is 0 Å². The normalized spacial score (nSPS) is 11.7. The third kappa shape index (κ3) is 5.53. The van der Waals surface area contributed by atoms with Gasteiger partial charge in [0.05, 0.1) is 11.0 Å². The second kappa shape index (κ2) is 13.4. The van der Waals surface area contributed by atoms with Crippen LogP contribution in [0.3, 0.4) is 0 Å². The minimum atomic E-state index is 0.933. The highest BCUT2D eigenvalue weighted by molar-refractivity contribution is 6.22.